The summed E-state index contributed by atoms with van der Waals surface area (Å²) >= 11 is 0. The van der Waals surface area contributed by atoms with E-state index in [9.17, 15) is 0 Å². The van der Waals surface area contributed by atoms with E-state index in [4.69, 9.17) is 5.11 Å². The van der Waals surface area contributed by atoms with Gasteiger partial charge in [0.25, 0.3) is 0 Å². The van der Waals surface area contributed by atoms with E-state index in [0.29, 0.717) is 11.8 Å². The standard InChI is InChI=1S/C11H16O/c1-8-5-9-3-2-4-10(7-12)11(9)6-8/h2-4,8-9,11-12H,5-7H2,1H3/t8-,9-,11-/m0/s1. The molecule has 0 heterocycles. The maximum Gasteiger partial charge on any atom is 0.0647 e. The van der Waals surface area contributed by atoms with E-state index < -0.39 is 0 Å². The van der Waals surface area contributed by atoms with Gasteiger partial charge in [-0.25, -0.2) is 0 Å². The van der Waals surface area contributed by atoms with Crippen molar-refractivity contribution in [2.24, 2.45) is 17.8 Å². The van der Waals surface area contributed by atoms with Gasteiger partial charge in [0, 0.05) is 0 Å². The summed E-state index contributed by atoms with van der Waals surface area (Å²) in [5.74, 6) is 2.19. The fourth-order valence-corrected chi connectivity index (χ4v) is 2.59. The first-order chi connectivity index (χ1) is 5.81. The first-order valence-electron chi connectivity index (χ1n) is 4.79. The summed E-state index contributed by atoms with van der Waals surface area (Å²) in [5, 5.41) is 9.12. The Labute approximate surface area is 73.8 Å². The molecule has 0 aliphatic heterocycles. The number of fused-ring (bicyclic) bond motifs is 1. The van der Waals surface area contributed by atoms with Crippen LogP contribution in [0.4, 0.5) is 0 Å². The van der Waals surface area contributed by atoms with Crippen molar-refractivity contribution in [2.75, 3.05) is 6.61 Å². The Hall–Kier alpha value is -0.560. The third kappa shape index (κ3) is 1.22. The molecule has 2 rings (SSSR count). The Kier molecular flexibility index (Phi) is 2.05. The van der Waals surface area contributed by atoms with E-state index in [0.717, 1.165) is 5.92 Å². The van der Waals surface area contributed by atoms with E-state index >= 15 is 0 Å². The number of hydrogen-bond acceptors (Lipinski definition) is 1. The van der Waals surface area contributed by atoms with Crippen LogP contribution in [0.1, 0.15) is 19.8 Å². The van der Waals surface area contributed by atoms with Crippen LogP contribution in [-0.4, -0.2) is 11.7 Å². The van der Waals surface area contributed by atoms with E-state index in [1.54, 1.807) is 0 Å². The predicted octanol–water partition coefficient (Wildman–Crippen LogP) is 2.14. The van der Waals surface area contributed by atoms with Crippen LogP contribution >= 0.6 is 0 Å². The second-order valence-corrected chi connectivity index (χ2v) is 4.13. The maximum atomic E-state index is 9.12. The van der Waals surface area contributed by atoms with Gasteiger partial charge in [0.2, 0.25) is 0 Å². The second-order valence-electron chi connectivity index (χ2n) is 4.13. The highest BCUT2D eigenvalue weighted by atomic mass is 16.3. The van der Waals surface area contributed by atoms with E-state index in [-0.39, 0.29) is 6.61 Å². The minimum absolute atomic E-state index is 0.248. The zero-order valence-electron chi connectivity index (χ0n) is 7.53. The van der Waals surface area contributed by atoms with Gasteiger partial charge in [-0.3, -0.25) is 0 Å². The van der Waals surface area contributed by atoms with Crippen molar-refractivity contribution >= 4 is 0 Å². The van der Waals surface area contributed by atoms with Crippen LogP contribution in [-0.2, 0) is 0 Å². The molecule has 12 heavy (non-hydrogen) atoms. The quantitative estimate of drug-likeness (QED) is 0.629. The molecule has 3 atom stereocenters. The highest BCUT2D eigenvalue weighted by molar-refractivity contribution is 5.25. The van der Waals surface area contributed by atoms with Crippen LogP contribution in [0.2, 0.25) is 0 Å². The summed E-state index contributed by atoms with van der Waals surface area (Å²) < 4.78 is 0. The van der Waals surface area contributed by atoms with Crippen LogP contribution in [0.5, 0.6) is 0 Å². The van der Waals surface area contributed by atoms with Gasteiger partial charge in [-0.15, -0.1) is 0 Å². The largest absolute Gasteiger partial charge is 0.392 e. The molecule has 1 fully saturated rings. The molecule has 2 aliphatic rings. The first kappa shape index (κ1) is 8.06. The van der Waals surface area contributed by atoms with Crippen LogP contribution in [0, 0.1) is 17.8 Å². The highest BCUT2D eigenvalue weighted by Crippen LogP contribution is 2.42. The van der Waals surface area contributed by atoms with Gasteiger partial charge in [0.05, 0.1) is 6.61 Å². The molecule has 0 spiro atoms. The molecular weight excluding hydrogens is 148 g/mol. The topological polar surface area (TPSA) is 20.2 Å². The lowest BCUT2D eigenvalue weighted by Crippen LogP contribution is -2.13. The van der Waals surface area contributed by atoms with Crippen molar-refractivity contribution in [2.45, 2.75) is 19.8 Å². The third-order valence-electron chi connectivity index (χ3n) is 3.18. The smallest absolute Gasteiger partial charge is 0.0647 e. The van der Waals surface area contributed by atoms with Gasteiger partial charge in [0.15, 0.2) is 0 Å². The van der Waals surface area contributed by atoms with Gasteiger partial charge in [-0.2, -0.15) is 0 Å². The fourth-order valence-electron chi connectivity index (χ4n) is 2.59. The van der Waals surface area contributed by atoms with Crippen molar-refractivity contribution in [3.63, 3.8) is 0 Å². The molecule has 1 nitrogen and oxygen atoms in total. The average molecular weight is 164 g/mol. The van der Waals surface area contributed by atoms with Crippen molar-refractivity contribution in [3.8, 4) is 0 Å². The lowest BCUT2D eigenvalue weighted by atomic mass is 9.85. The van der Waals surface area contributed by atoms with Crippen molar-refractivity contribution in [1.29, 1.82) is 0 Å². The maximum absolute atomic E-state index is 9.12. The molecular formula is C11H16O. The Morgan fingerprint density at radius 3 is 3.08 bits per heavy atom. The minimum Gasteiger partial charge on any atom is -0.392 e. The van der Waals surface area contributed by atoms with Gasteiger partial charge in [-0.05, 0) is 36.2 Å². The molecule has 0 aromatic heterocycles. The average Bonchev–Trinajstić information content (AvgIpc) is 2.44. The summed E-state index contributed by atoms with van der Waals surface area (Å²) in [6, 6.07) is 0. The molecule has 1 heteroatoms. The summed E-state index contributed by atoms with van der Waals surface area (Å²) in [6.07, 6.45) is 9.05. The molecule has 0 amide bonds. The fraction of sp³-hybridized carbons (Fsp3) is 0.636. The molecule has 1 saturated carbocycles. The zero-order chi connectivity index (χ0) is 8.55. The van der Waals surface area contributed by atoms with Crippen LogP contribution in [0.25, 0.3) is 0 Å². The lowest BCUT2D eigenvalue weighted by Gasteiger charge is -2.21. The molecule has 66 valence electrons. The van der Waals surface area contributed by atoms with Crippen LogP contribution in [0.3, 0.4) is 0 Å². The molecule has 2 aliphatic carbocycles. The van der Waals surface area contributed by atoms with Gasteiger partial charge in [0.1, 0.15) is 0 Å². The number of rotatable bonds is 1. The number of hydrogen-bond donors (Lipinski definition) is 1. The Morgan fingerprint density at radius 2 is 2.33 bits per heavy atom. The molecule has 0 radical (unpaired) electrons. The summed E-state index contributed by atoms with van der Waals surface area (Å²) in [6.45, 7) is 2.55. The molecule has 0 saturated heterocycles. The predicted molar refractivity (Wildman–Crippen MR) is 49.7 cm³/mol. The number of aliphatic hydroxyl groups is 1. The SMILES string of the molecule is C[C@@H]1C[C@@H]2C(CO)=CC=C[C@H]2C1. The Balaban J connectivity index is 2.18. The monoisotopic (exact) mass is 164 g/mol. The summed E-state index contributed by atoms with van der Waals surface area (Å²) in [5.41, 5.74) is 1.24. The van der Waals surface area contributed by atoms with Crippen LogP contribution in [0.15, 0.2) is 23.8 Å². The molecule has 0 bridgehead atoms. The molecule has 0 aromatic rings. The van der Waals surface area contributed by atoms with Crippen molar-refractivity contribution in [3.05, 3.63) is 23.8 Å². The summed E-state index contributed by atoms with van der Waals surface area (Å²) in [7, 11) is 0. The zero-order valence-corrected chi connectivity index (χ0v) is 7.53. The van der Waals surface area contributed by atoms with E-state index in [2.05, 4.69) is 25.2 Å². The van der Waals surface area contributed by atoms with Crippen molar-refractivity contribution < 1.29 is 5.11 Å². The molecule has 1 N–H and O–H groups in total. The Bertz CT molecular complexity index is 227. The highest BCUT2D eigenvalue weighted by Gasteiger charge is 2.33. The normalized spacial score (nSPS) is 39.5. The number of allylic oxidation sites excluding steroid dienone is 3. The first-order valence-corrected chi connectivity index (χ1v) is 4.79. The van der Waals surface area contributed by atoms with E-state index in [1.165, 1.54) is 18.4 Å². The molecule has 0 unspecified atom stereocenters. The third-order valence-corrected chi connectivity index (χ3v) is 3.18. The second kappa shape index (κ2) is 3.06. The van der Waals surface area contributed by atoms with Gasteiger partial charge in [-0.1, -0.05) is 25.2 Å². The minimum atomic E-state index is 0.248. The number of aliphatic hydroxyl groups excluding tert-OH is 1. The van der Waals surface area contributed by atoms with Gasteiger partial charge < -0.3 is 5.11 Å². The van der Waals surface area contributed by atoms with Crippen molar-refractivity contribution in [1.82, 2.24) is 0 Å². The lowest BCUT2D eigenvalue weighted by molar-refractivity contribution is 0.305. The summed E-state index contributed by atoms with van der Waals surface area (Å²) in [4.78, 5) is 0. The molecule has 0 aromatic carbocycles. The van der Waals surface area contributed by atoms with E-state index in [1.807, 2.05) is 0 Å². The van der Waals surface area contributed by atoms with Gasteiger partial charge >= 0.3 is 0 Å². The van der Waals surface area contributed by atoms with Crippen LogP contribution < -0.4 is 0 Å². The Morgan fingerprint density at radius 1 is 1.50 bits per heavy atom.